The number of nitrogens with two attached hydrogens (primary N) is 1. The van der Waals surface area contributed by atoms with E-state index in [0.29, 0.717) is 6.42 Å². The fourth-order valence-electron chi connectivity index (χ4n) is 1.28. The maximum Gasteiger partial charge on any atom is 0.241 e. The molecule has 0 aliphatic carbocycles. The normalized spacial score (nSPS) is 12.2. The van der Waals surface area contributed by atoms with E-state index in [1.165, 1.54) is 6.07 Å². The van der Waals surface area contributed by atoms with Gasteiger partial charge < -0.3 is 11.1 Å². The van der Waals surface area contributed by atoms with Crippen molar-refractivity contribution in [2.45, 2.75) is 25.8 Å². The summed E-state index contributed by atoms with van der Waals surface area (Å²) in [4.78, 5) is 11.4. The highest BCUT2D eigenvalue weighted by atomic mass is 19.1. The molecule has 0 unspecified atom stereocenters. The molecule has 5 heteroatoms. The lowest BCUT2D eigenvalue weighted by Crippen LogP contribution is -2.35. The number of para-hydroxylation sites is 1. The minimum atomic E-state index is -0.808. The van der Waals surface area contributed by atoms with Gasteiger partial charge in [-0.2, -0.15) is 0 Å². The van der Waals surface area contributed by atoms with Gasteiger partial charge in [-0.15, -0.1) is 0 Å². The van der Waals surface area contributed by atoms with E-state index in [0.717, 1.165) is 18.6 Å². The summed E-state index contributed by atoms with van der Waals surface area (Å²) in [6, 6.07) is 2.63. The molecule has 0 aliphatic heterocycles. The first-order valence-corrected chi connectivity index (χ1v) is 5.06. The van der Waals surface area contributed by atoms with Crippen LogP contribution in [-0.4, -0.2) is 11.9 Å². The van der Waals surface area contributed by atoms with Gasteiger partial charge in [0.1, 0.15) is 17.3 Å². The number of halogens is 2. The number of amides is 1. The summed E-state index contributed by atoms with van der Waals surface area (Å²) in [5.41, 5.74) is 5.07. The van der Waals surface area contributed by atoms with E-state index in [-0.39, 0.29) is 0 Å². The number of hydrogen-bond acceptors (Lipinski definition) is 2. The number of rotatable bonds is 4. The van der Waals surface area contributed by atoms with Crippen molar-refractivity contribution in [3.05, 3.63) is 29.8 Å². The van der Waals surface area contributed by atoms with Crippen LogP contribution in [0.15, 0.2) is 18.2 Å². The van der Waals surface area contributed by atoms with Gasteiger partial charge in [0.05, 0.1) is 6.04 Å². The molecule has 0 fully saturated rings. The Kier molecular flexibility index (Phi) is 4.37. The molecule has 0 aromatic heterocycles. The molecule has 0 radical (unpaired) electrons. The van der Waals surface area contributed by atoms with Gasteiger partial charge in [-0.3, -0.25) is 4.79 Å². The van der Waals surface area contributed by atoms with Crippen molar-refractivity contribution in [3.8, 4) is 0 Å². The van der Waals surface area contributed by atoms with E-state index >= 15 is 0 Å². The van der Waals surface area contributed by atoms with Gasteiger partial charge in [0.2, 0.25) is 5.91 Å². The van der Waals surface area contributed by atoms with Crippen LogP contribution in [0.2, 0.25) is 0 Å². The molecule has 0 saturated heterocycles. The summed E-state index contributed by atoms with van der Waals surface area (Å²) in [7, 11) is 0. The zero-order chi connectivity index (χ0) is 12.1. The maximum atomic E-state index is 13.2. The average molecular weight is 228 g/mol. The van der Waals surface area contributed by atoms with Crippen molar-refractivity contribution < 1.29 is 13.6 Å². The van der Waals surface area contributed by atoms with Gasteiger partial charge in [0.25, 0.3) is 0 Å². The summed E-state index contributed by atoms with van der Waals surface area (Å²) < 4.78 is 26.3. The largest absolute Gasteiger partial charge is 0.320 e. The van der Waals surface area contributed by atoms with Crippen LogP contribution in [0.4, 0.5) is 14.5 Å². The smallest absolute Gasteiger partial charge is 0.241 e. The van der Waals surface area contributed by atoms with Gasteiger partial charge in [0.15, 0.2) is 0 Å². The monoisotopic (exact) mass is 228 g/mol. The highest BCUT2D eigenvalue weighted by Crippen LogP contribution is 2.18. The molecule has 1 aromatic carbocycles. The average Bonchev–Trinajstić information content (AvgIpc) is 2.23. The van der Waals surface area contributed by atoms with Crippen molar-refractivity contribution in [1.29, 1.82) is 0 Å². The van der Waals surface area contributed by atoms with Crippen LogP contribution in [0.1, 0.15) is 19.8 Å². The van der Waals surface area contributed by atoms with E-state index in [4.69, 9.17) is 5.73 Å². The zero-order valence-electron chi connectivity index (χ0n) is 8.97. The molecule has 1 rings (SSSR count). The first-order valence-electron chi connectivity index (χ1n) is 5.06. The number of carbonyl (C=O) groups excluding carboxylic acids is 1. The Hall–Kier alpha value is -1.49. The minimum absolute atomic E-state index is 0.445. The molecule has 0 bridgehead atoms. The Morgan fingerprint density at radius 1 is 1.44 bits per heavy atom. The lowest BCUT2D eigenvalue weighted by molar-refractivity contribution is -0.117. The third-order valence-electron chi connectivity index (χ3n) is 2.15. The molecule has 0 spiro atoms. The number of anilines is 1. The van der Waals surface area contributed by atoms with Gasteiger partial charge in [-0.25, -0.2) is 8.78 Å². The highest BCUT2D eigenvalue weighted by Gasteiger charge is 2.16. The predicted octanol–water partition coefficient (Wildman–Crippen LogP) is 2.03. The van der Waals surface area contributed by atoms with Crippen LogP contribution in [0.3, 0.4) is 0 Å². The van der Waals surface area contributed by atoms with Crippen LogP contribution >= 0.6 is 0 Å². The second kappa shape index (κ2) is 5.55. The Balaban J connectivity index is 2.77. The molecular formula is C11H14F2N2O. The molecule has 3 N–H and O–H groups in total. The summed E-state index contributed by atoms with van der Waals surface area (Å²) >= 11 is 0. The van der Waals surface area contributed by atoms with Crippen molar-refractivity contribution in [2.75, 3.05) is 5.32 Å². The van der Waals surface area contributed by atoms with E-state index in [2.05, 4.69) is 5.32 Å². The Bertz CT molecular complexity index is 362. The van der Waals surface area contributed by atoms with Crippen LogP contribution in [-0.2, 0) is 4.79 Å². The van der Waals surface area contributed by atoms with E-state index < -0.39 is 29.3 Å². The van der Waals surface area contributed by atoms with Gasteiger partial charge in [-0.05, 0) is 18.6 Å². The number of hydrogen-bond donors (Lipinski definition) is 2. The van der Waals surface area contributed by atoms with Crippen molar-refractivity contribution >= 4 is 11.6 Å². The second-order valence-corrected chi connectivity index (χ2v) is 3.48. The Morgan fingerprint density at radius 2 is 2.00 bits per heavy atom. The third kappa shape index (κ3) is 3.00. The summed E-state index contributed by atoms with van der Waals surface area (Å²) in [6.45, 7) is 1.87. The molecule has 1 atom stereocenters. The number of benzene rings is 1. The molecule has 1 amide bonds. The van der Waals surface area contributed by atoms with Crippen LogP contribution in [0.25, 0.3) is 0 Å². The van der Waals surface area contributed by atoms with Crippen LogP contribution < -0.4 is 11.1 Å². The maximum absolute atomic E-state index is 13.2. The molecule has 88 valence electrons. The molecule has 0 aliphatic rings. The van der Waals surface area contributed by atoms with Gasteiger partial charge in [0, 0.05) is 0 Å². The third-order valence-corrected chi connectivity index (χ3v) is 2.15. The Labute approximate surface area is 92.6 Å². The lowest BCUT2D eigenvalue weighted by atomic mass is 10.1. The van der Waals surface area contributed by atoms with E-state index in [1.807, 2.05) is 6.92 Å². The first-order chi connectivity index (χ1) is 7.56. The molecule has 16 heavy (non-hydrogen) atoms. The molecular weight excluding hydrogens is 214 g/mol. The molecule has 0 heterocycles. The van der Waals surface area contributed by atoms with Crippen molar-refractivity contribution in [3.63, 3.8) is 0 Å². The summed E-state index contributed by atoms with van der Waals surface area (Å²) in [5.74, 6) is -2.19. The van der Waals surface area contributed by atoms with Crippen molar-refractivity contribution in [2.24, 2.45) is 5.73 Å². The minimum Gasteiger partial charge on any atom is -0.320 e. The zero-order valence-corrected chi connectivity index (χ0v) is 8.97. The molecule has 1 aromatic rings. The molecule has 3 nitrogen and oxygen atoms in total. The fraction of sp³-hybridized carbons (Fsp3) is 0.364. The number of nitrogens with one attached hydrogen (secondary N) is 1. The van der Waals surface area contributed by atoms with Gasteiger partial charge in [-0.1, -0.05) is 19.4 Å². The van der Waals surface area contributed by atoms with Gasteiger partial charge >= 0.3 is 0 Å². The topological polar surface area (TPSA) is 55.1 Å². The first kappa shape index (κ1) is 12.6. The van der Waals surface area contributed by atoms with E-state index in [9.17, 15) is 13.6 Å². The predicted molar refractivity (Wildman–Crippen MR) is 57.9 cm³/mol. The quantitative estimate of drug-likeness (QED) is 0.828. The SMILES string of the molecule is CCC[C@@H](N)C(=O)Nc1c(F)cccc1F. The van der Waals surface area contributed by atoms with Crippen molar-refractivity contribution in [1.82, 2.24) is 0 Å². The lowest BCUT2D eigenvalue weighted by Gasteiger charge is -2.12. The van der Waals surface area contributed by atoms with E-state index in [1.54, 1.807) is 0 Å². The Morgan fingerprint density at radius 3 is 2.50 bits per heavy atom. The molecule has 0 saturated carbocycles. The number of carbonyl (C=O) groups is 1. The summed E-state index contributed by atoms with van der Waals surface area (Å²) in [5, 5.41) is 2.15. The highest BCUT2D eigenvalue weighted by molar-refractivity contribution is 5.94. The van der Waals surface area contributed by atoms with Crippen LogP contribution in [0, 0.1) is 11.6 Å². The summed E-state index contributed by atoms with van der Waals surface area (Å²) in [6.07, 6.45) is 1.20. The fourth-order valence-corrected chi connectivity index (χ4v) is 1.28. The second-order valence-electron chi connectivity index (χ2n) is 3.48. The van der Waals surface area contributed by atoms with Crippen LogP contribution in [0.5, 0.6) is 0 Å². The standard InChI is InChI=1S/C11H14F2N2O/c1-2-4-9(14)11(16)15-10-7(12)5-3-6-8(10)13/h3,5-6,9H,2,4,14H2,1H3,(H,15,16)/t9-/m1/s1.